The quantitative estimate of drug-likeness (QED) is 0.461. The summed E-state index contributed by atoms with van der Waals surface area (Å²) in [4.78, 5) is -0.227. The van der Waals surface area contributed by atoms with E-state index in [1.807, 2.05) is 0 Å². The number of nitrogen functional groups attached to an aromatic ring is 1. The second kappa shape index (κ2) is 3.33. The van der Waals surface area contributed by atoms with Gasteiger partial charge in [-0.15, -0.1) is 0 Å². The zero-order chi connectivity index (χ0) is 10.1. The van der Waals surface area contributed by atoms with Crippen LogP contribution in [0.2, 0.25) is 0 Å². The van der Waals surface area contributed by atoms with E-state index in [9.17, 15) is 8.42 Å². The average molecular weight is 202 g/mol. The molecule has 0 unspecified atom stereocenters. The maximum Gasteiger partial charge on any atom is 0.294 e. The van der Waals surface area contributed by atoms with Gasteiger partial charge in [0, 0.05) is 12.2 Å². The van der Waals surface area contributed by atoms with Gasteiger partial charge < -0.3 is 11.5 Å². The monoisotopic (exact) mass is 202 g/mol. The summed E-state index contributed by atoms with van der Waals surface area (Å²) < 4.78 is 30.4. The molecule has 0 radical (unpaired) electrons. The summed E-state index contributed by atoms with van der Waals surface area (Å²) in [5.74, 6) is 0. The van der Waals surface area contributed by atoms with Crippen LogP contribution in [0.5, 0.6) is 0 Å². The Morgan fingerprint density at radius 3 is 2.46 bits per heavy atom. The van der Waals surface area contributed by atoms with E-state index in [1.165, 1.54) is 18.2 Å². The SMILES string of the molecule is NCc1ccc(N)cc1S(=O)(=O)O. The number of hydrogen-bond acceptors (Lipinski definition) is 4. The Bertz CT molecular complexity index is 414. The molecule has 0 aliphatic carbocycles. The minimum absolute atomic E-state index is 0.0371. The van der Waals surface area contributed by atoms with Gasteiger partial charge in [-0.3, -0.25) is 4.55 Å². The van der Waals surface area contributed by atoms with E-state index in [1.54, 1.807) is 0 Å². The summed E-state index contributed by atoms with van der Waals surface area (Å²) in [5, 5.41) is 0. The first kappa shape index (κ1) is 9.97. The van der Waals surface area contributed by atoms with Crippen molar-refractivity contribution in [2.24, 2.45) is 5.73 Å². The van der Waals surface area contributed by atoms with Crippen LogP contribution in [0.15, 0.2) is 23.1 Å². The summed E-state index contributed by atoms with van der Waals surface area (Å²) in [6, 6.07) is 4.17. The zero-order valence-corrected chi connectivity index (χ0v) is 7.58. The minimum atomic E-state index is -4.23. The fraction of sp³-hybridized carbons (Fsp3) is 0.143. The maximum absolute atomic E-state index is 10.8. The Kier molecular flexibility index (Phi) is 2.55. The number of nitrogens with two attached hydrogens (primary N) is 2. The number of rotatable bonds is 2. The predicted octanol–water partition coefficient (Wildman–Crippen LogP) is -0.0258. The maximum atomic E-state index is 10.8. The van der Waals surface area contributed by atoms with Gasteiger partial charge >= 0.3 is 0 Å². The Labute approximate surface area is 76.1 Å². The molecule has 0 spiro atoms. The third kappa shape index (κ3) is 2.18. The van der Waals surface area contributed by atoms with Crippen LogP contribution in [0.3, 0.4) is 0 Å². The fourth-order valence-corrected chi connectivity index (χ4v) is 1.75. The van der Waals surface area contributed by atoms with Gasteiger partial charge in [-0.25, -0.2) is 0 Å². The first-order chi connectivity index (χ1) is 5.95. The zero-order valence-electron chi connectivity index (χ0n) is 6.77. The number of anilines is 1. The minimum Gasteiger partial charge on any atom is -0.399 e. The predicted molar refractivity (Wildman–Crippen MR) is 48.6 cm³/mol. The van der Waals surface area contributed by atoms with Gasteiger partial charge in [-0.2, -0.15) is 8.42 Å². The van der Waals surface area contributed by atoms with Crippen molar-refractivity contribution in [3.8, 4) is 0 Å². The number of hydrogen-bond donors (Lipinski definition) is 3. The van der Waals surface area contributed by atoms with Crippen LogP contribution >= 0.6 is 0 Å². The molecule has 5 nitrogen and oxygen atoms in total. The molecule has 0 amide bonds. The first-order valence-corrected chi connectivity index (χ1v) is 4.95. The Morgan fingerprint density at radius 1 is 1.38 bits per heavy atom. The van der Waals surface area contributed by atoms with Crippen LogP contribution in [0, 0.1) is 0 Å². The van der Waals surface area contributed by atoms with Crippen molar-refractivity contribution >= 4 is 15.8 Å². The molecule has 0 fully saturated rings. The topological polar surface area (TPSA) is 106 Å². The Morgan fingerprint density at radius 2 is 2.00 bits per heavy atom. The van der Waals surface area contributed by atoms with Crippen molar-refractivity contribution in [2.45, 2.75) is 11.4 Å². The van der Waals surface area contributed by atoms with Gasteiger partial charge in [0.15, 0.2) is 0 Å². The highest BCUT2D eigenvalue weighted by molar-refractivity contribution is 7.85. The molecular formula is C7H10N2O3S. The molecule has 6 heteroatoms. The molecule has 1 aromatic carbocycles. The lowest BCUT2D eigenvalue weighted by molar-refractivity contribution is 0.482. The average Bonchev–Trinajstić information content (AvgIpc) is 2.03. The van der Waals surface area contributed by atoms with Crippen molar-refractivity contribution in [2.75, 3.05) is 5.73 Å². The molecule has 0 aliphatic rings. The molecule has 0 bridgehead atoms. The van der Waals surface area contributed by atoms with Crippen LogP contribution < -0.4 is 11.5 Å². The third-order valence-corrected chi connectivity index (χ3v) is 2.52. The molecular weight excluding hydrogens is 192 g/mol. The second-order valence-electron chi connectivity index (χ2n) is 2.55. The Hall–Kier alpha value is -1.11. The van der Waals surface area contributed by atoms with Gasteiger partial charge in [0.25, 0.3) is 10.1 Å². The standard InChI is InChI=1S/C7H10N2O3S/c8-4-5-1-2-6(9)3-7(5)13(10,11)12/h1-3H,4,8-9H2,(H,10,11,12). The molecule has 0 saturated carbocycles. The molecule has 72 valence electrons. The summed E-state index contributed by atoms with van der Waals surface area (Å²) in [5.41, 5.74) is 11.3. The summed E-state index contributed by atoms with van der Waals surface area (Å²) in [6.45, 7) is 0.0371. The summed E-state index contributed by atoms with van der Waals surface area (Å²) in [6.07, 6.45) is 0. The Balaban J connectivity index is 3.41. The third-order valence-electron chi connectivity index (χ3n) is 1.59. The van der Waals surface area contributed by atoms with Crippen LogP contribution in [0.25, 0.3) is 0 Å². The smallest absolute Gasteiger partial charge is 0.294 e. The van der Waals surface area contributed by atoms with E-state index in [4.69, 9.17) is 16.0 Å². The normalized spacial score (nSPS) is 11.5. The van der Waals surface area contributed by atoms with Crippen molar-refractivity contribution in [3.63, 3.8) is 0 Å². The second-order valence-corrected chi connectivity index (χ2v) is 3.94. The van der Waals surface area contributed by atoms with E-state index >= 15 is 0 Å². The van der Waals surface area contributed by atoms with Crippen molar-refractivity contribution in [1.82, 2.24) is 0 Å². The molecule has 0 heterocycles. The number of benzene rings is 1. The highest BCUT2D eigenvalue weighted by Crippen LogP contribution is 2.18. The lowest BCUT2D eigenvalue weighted by atomic mass is 10.2. The molecule has 0 saturated heterocycles. The van der Waals surface area contributed by atoms with E-state index in [-0.39, 0.29) is 17.1 Å². The van der Waals surface area contributed by atoms with E-state index in [2.05, 4.69) is 0 Å². The highest BCUT2D eigenvalue weighted by atomic mass is 32.2. The molecule has 0 aromatic heterocycles. The largest absolute Gasteiger partial charge is 0.399 e. The molecule has 1 aromatic rings. The van der Waals surface area contributed by atoms with Crippen molar-refractivity contribution in [3.05, 3.63) is 23.8 Å². The van der Waals surface area contributed by atoms with Gasteiger partial charge in [-0.1, -0.05) is 6.07 Å². The molecule has 5 N–H and O–H groups in total. The van der Waals surface area contributed by atoms with Crippen LogP contribution in [0.1, 0.15) is 5.56 Å². The lowest BCUT2D eigenvalue weighted by Crippen LogP contribution is -2.07. The first-order valence-electron chi connectivity index (χ1n) is 3.51. The van der Waals surface area contributed by atoms with Crippen molar-refractivity contribution < 1.29 is 13.0 Å². The van der Waals surface area contributed by atoms with Crippen molar-refractivity contribution in [1.29, 1.82) is 0 Å². The molecule has 0 atom stereocenters. The lowest BCUT2D eigenvalue weighted by Gasteiger charge is -2.04. The van der Waals surface area contributed by atoms with Gasteiger partial charge in [0.2, 0.25) is 0 Å². The van der Waals surface area contributed by atoms with E-state index in [0.717, 1.165) is 0 Å². The van der Waals surface area contributed by atoms with Crippen LogP contribution in [-0.4, -0.2) is 13.0 Å². The van der Waals surface area contributed by atoms with Gasteiger partial charge in [-0.05, 0) is 17.7 Å². The van der Waals surface area contributed by atoms with E-state index < -0.39 is 10.1 Å². The summed E-state index contributed by atoms with van der Waals surface area (Å²) >= 11 is 0. The summed E-state index contributed by atoms with van der Waals surface area (Å²) in [7, 11) is -4.23. The van der Waals surface area contributed by atoms with Crippen LogP contribution in [0.4, 0.5) is 5.69 Å². The highest BCUT2D eigenvalue weighted by Gasteiger charge is 2.14. The fourth-order valence-electron chi connectivity index (χ4n) is 0.980. The van der Waals surface area contributed by atoms with E-state index in [0.29, 0.717) is 5.56 Å². The van der Waals surface area contributed by atoms with Gasteiger partial charge in [0.1, 0.15) is 4.90 Å². The van der Waals surface area contributed by atoms with Crippen LogP contribution in [-0.2, 0) is 16.7 Å². The van der Waals surface area contributed by atoms with Gasteiger partial charge in [0.05, 0.1) is 0 Å². The molecule has 1 rings (SSSR count). The molecule has 0 aliphatic heterocycles. The molecule has 13 heavy (non-hydrogen) atoms.